The molecule has 0 unspecified atom stereocenters. The van der Waals surface area contributed by atoms with Crippen molar-refractivity contribution in [2.24, 2.45) is 17.6 Å². The third-order valence-corrected chi connectivity index (χ3v) is 6.34. The van der Waals surface area contributed by atoms with Gasteiger partial charge in [0.2, 0.25) is 0 Å². The second kappa shape index (κ2) is 9.83. The normalized spacial score (nSPS) is 25.0. The third-order valence-electron chi connectivity index (χ3n) is 6.04. The number of nitrogens with two attached hydrogens (primary N) is 1. The van der Waals surface area contributed by atoms with Gasteiger partial charge in [-0.15, -0.1) is 0 Å². The molecule has 0 amide bonds. The molecular formula is C22H30ClN5O. The summed E-state index contributed by atoms with van der Waals surface area (Å²) in [6.07, 6.45) is 13.1. The monoisotopic (exact) mass is 415 g/mol. The molecule has 1 atom stereocenters. The van der Waals surface area contributed by atoms with Gasteiger partial charge in [-0.25, -0.2) is 4.98 Å². The van der Waals surface area contributed by atoms with Crippen LogP contribution in [-0.4, -0.2) is 40.8 Å². The van der Waals surface area contributed by atoms with Crippen LogP contribution in [0.2, 0.25) is 5.02 Å². The van der Waals surface area contributed by atoms with Gasteiger partial charge in [0.05, 0.1) is 29.7 Å². The Morgan fingerprint density at radius 3 is 2.76 bits per heavy atom. The van der Waals surface area contributed by atoms with Crippen LogP contribution in [0.3, 0.4) is 0 Å². The molecule has 0 aromatic carbocycles. The van der Waals surface area contributed by atoms with E-state index in [9.17, 15) is 0 Å². The van der Waals surface area contributed by atoms with Crippen LogP contribution in [0.4, 0.5) is 5.82 Å². The Bertz CT molecular complexity index is 804. The predicted molar refractivity (Wildman–Crippen MR) is 116 cm³/mol. The highest BCUT2D eigenvalue weighted by atomic mass is 35.5. The lowest BCUT2D eigenvalue weighted by atomic mass is 9.83. The van der Waals surface area contributed by atoms with Crippen molar-refractivity contribution in [1.29, 1.82) is 0 Å². The average Bonchev–Trinajstić information content (AvgIpc) is 2.76. The Balaban J connectivity index is 1.44. The first-order valence-corrected chi connectivity index (χ1v) is 11.1. The molecule has 1 saturated carbocycles. The molecule has 156 valence electrons. The van der Waals surface area contributed by atoms with E-state index in [2.05, 4.69) is 21.4 Å². The minimum atomic E-state index is 0.366. The maximum Gasteiger partial charge on any atom is 0.145 e. The zero-order chi connectivity index (χ0) is 20.1. The van der Waals surface area contributed by atoms with Gasteiger partial charge in [0.1, 0.15) is 5.82 Å². The van der Waals surface area contributed by atoms with Crippen LogP contribution < -0.4 is 11.1 Å². The predicted octanol–water partition coefficient (Wildman–Crippen LogP) is 4.09. The van der Waals surface area contributed by atoms with Crippen LogP contribution >= 0.6 is 11.6 Å². The standard InChI is InChI=1S/C22H30ClN5O/c23-20-11-26-18(8-15-3-5-17(24)6-4-15)9-19(20)21-12-25-13-22(28-21)27-10-16-2-1-7-29-14-16/h9,11-13,15-17H,1-8,10,14,24H2,(H,27,28)/t15?,16-,17?/m0/s1. The molecule has 4 rings (SSSR count). The molecule has 0 spiro atoms. The molecule has 2 aromatic rings. The van der Waals surface area contributed by atoms with E-state index in [1.54, 1.807) is 18.6 Å². The van der Waals surface area contributed by atoms with E-state index in [1.165, 1.54) is 19.3 Å². The van der Waals surface area contributed by atoms with Crippen LogP contribution in [0, 0.1) is 11.8 Å². The van der Waals surface area contributed by atoms with Crippen LogP contribution in [0.25, 0.3) is 11.3 Å². The van der Waals surface area contributed by atoms with Gasteiger partial charge in [-0.05, 0) is 62.8 Å². The summed E-state index contributed by atoms with van der Waals surface area (Å²) in [6, 6.07) is 2.44. The highest BCUT2D eigenvalue weighted by Crippen LogP contribution is 2.30. The van der Waals surface area contributed by atoms with E-state index in [0.717, 1.165) is 68.2 Å². The molecule has 29 heavy (non-hydrogen) atoms. The summed E-state index contributed by atoms with van der Waals surface area (Å²) in [6.45, 7) is 2.53. The van der Waals surface area contributed by atoms with Gasteiger partial charge >= 0.3 is 0 Å². The molecule has 1 aliphatic heterocycles. The number of hydrogen-bond donors (Lipinski definition) is 2. The first-order valence-electron chi connectivity index (χ1n) is 10.7. The molecule has 2 aromatic heterocycles. The van der Waals surface area contributed by atoms with Crippen LogP contribution in [0.15, 0.2) is 24.7 Å². The van der Waals surface area contributed by atoms with Gasteiger partial charge in [0.15, 0.2) is 0 Å². The molecule has 7 heteroatoms. The zero-order valence-corrected chi connectivity index (χ0v) is 17.6. The number of nitrogens with one attached hydrogen (secondary N) is 1. The van der Waals surface area contributed by atoms with Crippen molar-refractivity contribution in [2.45, 2.75) is 51.0 Å². The summed E-state index contributed by atoms with van der Waals surface area (Å²) in [5, 5.41) is 4.01. The maximum absolute atomic E-state index is 6.46. The number of pyridine rings is 1. The molecule has 6 nitrogen and oxygen atoms in total. The fourth-order valence-corrected chi connectivity index (χ4v) is 4.48. The lowest BCUT2D eigenvalue weighted by Crippen LogP contribution is -2.27. The van der Waals surface area contributed by atoms with Gasteiger partial charge in [-0.2, -0.15) is 0 Å². The minimum absolute atomic E-state index is 0.366. The smallest absolute Gasteiger partial charge is 0.145 e. The number of hydrogen-bond acceptors (Lipinski definition) is 6. The molecule has 3 heterocycles. The Kier molecular flexibility index (Phi) is 6.95. The quantitative estimate of drug-likeness (QED) is 0.738. The fraction of sp³-hybridized carbons (Fsp3) is 0.591. The van der Waals surface area contributed by atoms with Gasteiger partial charge in [0, 0.05) is 36.6 Å². The Hall–Kier alpha value is -1.76. The molecule has 1 saturated heterocycles. The fourth-order valence-electron chi connectivity index (χ4n) is 4.28. The summed E-state index contributed by atoms with van der Waals surface area (Å²) in [4.78, 5) is 13.7. The second-order valence-corrected chi connectivity index (χ2v) is 8.80. The van der Waals surface area contributed by atoms with Gasteiger partial charge in [0.25, 0.3) is 0 Å². The average molecular weight is 416 g/mol. The van der Waals surface area contributed by atoms with Gasteiger partial charge in [-0.1, -0.05) is 11.6 Å². The van der Waals surface area contributed by atoms with E-state index in [-0.39, 0.29) is 0 Å². The minimum Gasteiger partial charge on any atom is -0.381 e. The van der Waals surface area contributed by atoms with Gasteiger partial charge in [-0.3, -0.25) is 9.97 Å². The van der Waals surface area contributed by atoms with E-state index in [4.69, 9.17) is 27.1 Å². The highest BCUT2D eigenvalue weighted by Gasteiger charge is 2.20. The molecule has 2 fully saturated rings. The largest absolute Gasteiger partial charge is 0.381 e. The van der Waals surface area contributed by atoms with E-state index >= 15 is 0 Å². The second-order valence-electron chi connectivity index (χ2n) is 8.39. The number of ether oxygens (including phenoxy) is 1. The molecular weight excluding hydrogens is 386 g/mol. The molecule has 1 aliphatic carbocycles. The first kappa shape index (κ1) is 20.5. The van der Waals surface area contributed by atoms with Crippen molar-refractivity contribution in [2.75, 3.05) is 25.1 Å². The molecule has 0 radical (unpaired) electrons. The summed E-state index contributed by atoms with van der Waals surface area (Å²) in [5.41, 5.74) is 8.76. The number of halogens is 1. The van der Waals surface area contributed by atoms with Crippen LogP contribution in [0.1, 0.15) is 44.2 Å². The SMILES string of the molecule is NC1CCC(Cc2cc(-c3cncc(NC[C@@H]4CCCOC4)n3)c(Cl)cn2)CC1. The Morgan fingerprint density at radius 1 is 1.10 bits per heavy atom. The number of nitrogens with zero attached hydrogens (tertiary/aromatic N) is 3. The van der Waals surface area contributed by atoms with Crippen molar-refractivity contribution in [3.8, 4) is 11.3 Å². The highest BCUT2D eigenvalue weighted by molar-refractivity contribution is 6.33. The zero-order valence-electron chi connectivity index (χ0n) is 16.8. The number of aromatic nitrogens is 3. The Morgan fingerprint density at radius 2 is 1.97 bits per heavy atom. The van der Waals surface area contributed by atoms with Crippen molar-refractivity contribution in [3.05, 3.63) is 35.4 Å². The number of rotatable bonds is 6. The van der Waals surface area contributed by atoms with Crippen molar-refractivity contribution >= 4 is 17.4 Å². The van der Waals surface area contributed by atoms with Gasteiger partial charge < -0.3 is 15.8 Å². The molecule has 2 aliphatic rings. The van der Waals surface area contributed by atoms with E-state index in [1.807, 2.05) is 0 Å². The first-order chi connectivity index (χ1) is 14.2. The lowest BCUT2D eigenvalue weighted by Gasteiger charge is -2.25. The van der Waals surface area contributed by atoms with Crippen LogP contribution in [0.5, 0.6) is 0 Å². The topological polar surface area (TPSA) is 86.0 Å². The third kappa shape index (κ3) is 5.65. The van der Waals surface area contributed by atoms with E-state index in [0.29, 0.717) is 22.9 Å². The van der Waals surface area contributed by atoms with E-state index < -0.39 is 0 Å². The summed E-state index contributed by atoms with van der Waals surface area (Å²) in [5.74, 6) is 1.94. The van der Waals surface area contributed by atoms with Crippen LogP contribution in [-0.2, 0) is 11.2 Å². The summed E-state index contributed by atoms with van der Waals surface area (Å²) in [7, 11) is 0. The van der Waals surface area contributed by atoms with Crippen molar-refractivity contribution in [3.63, 3.8) is 0 Å². The Labute approximate surface area is 177 Å². The lowest BCUT2D eigenvalue weighted by molar-refractivity contribution is 0.0595. The molecule has 3 N–H and O–H groups in total. The number of anilines is 1. The molecule has 0 bridgehead atoms. The van der Waals surface area contributed by atoms with Crippen molar-refractivity contribution < 1.29 is 4.74 Å². The summed E-state index contributed by atoms with van der Waals surface area (Å²) >= 11 is 6.46. The summed E-state index contributed by atoms with van der Waals surface area (Å²) < 4.78 is 5.55. The maximum atomic E-state index is 6.46. The van der Waals surface area contributed by atoms with Crippen molar-refractivity contribution in [1.82, 2.24) is 15.0 Å².